The lowest BCUT2D eigenvalue weighted by Crippen LogP contribution is -2.45. The van der Waals surface area contributed by atoms with Gasteiger partial charge in [0.1, 0.15) is 0 Å². The zero-order valence-electron chi connectivity index (χ0n) is 29.4. The van der Waals surface area contributed by atoms with Crippen LogP contribution >= 0.6 is 0 Å². The van der Waals surface area contributed by atoms with Crippen LogP contribution in [0.25, 0.3) is 0 Å². The highest BCUT2D eigenvalue weighted by Gasteiger charge is 2.17. The Morgan fingerprint density at radius 1 is 0.523 bits per heavy atom. The van der Waals surface area contributed by atoms with Crippen LogP contribution in [-0.2, 0) is 4.79 Å². The third-order valence-corrected chi connectivity index (χ3v) is 8.57. The van der Waals surface area contributed by atoms with Gasteiger partial charge in [0.25, 0.3) is 0 Å². The molecule has 3 N–H and O–H groups in total. The molecule has 0 aliphatic rings. The molecule has 1 amide bonds. The van der Waals surface area contributed by atoms with Gasteiger partial charge in [-0.3, -0.25) is 4.79 Å². The number of allylic oxidation sites excluding steroid dienone is 5. The maximum atomic E-state index is 12.3. The van der Waals surface area contributed by atoms with Crippen LogP contribution in [0.15, 0.2) is 36.5 Å². The lowest BCUT2D eigenvalue weighted by molar-refractivity contribution is -0.123. The summed E-state index contributed by atoms with van der Waals surface area (Å²) in [5, 5.41) is 22.9. The minimum atomic E-state index is -0.842. The summed E-state index contributed by atoms with van der Waals surface area (Å²) in [5.41, 5.74) is 0. The highest BCUT2D eigenvalue weighted by atomic mass is 16.3. The number of amides is 1. The molecule has 0 aliphatic carbocycles. The number of hydrogen-bond donors (Lipinski definition) is 3. The second-order valence-electron chi connectivity index (χ2n) is 13.0. The Morgan fingerprint density at radius 2 is 0.909 bits per heavy atom. The van der Waals surface area contributed by atoms with E-state index in [0.29, 0.717) is 6.42 Å². The fraction of sp³-hybridized carbons (Fsp3) is 0.825. The van der Waals surface area contributed by atoms with Gasteiger partial charge in [-0.15, -0.1) is 0 Å². The SMILES string of the molecule is CCC/C=C/CCCCCCCC/C=C/[C@@H](O)[C@H](CO)NC(=O)CCCCCCCCCCC/C=C/CCCCCCCC. The van der Waals surface area contributed by atoms with Crippen LogP contribution in [-0.4, -0.2) is 34.9 Å². The Kier molecular flexibility index (Phi) is 34.9. The van der Waals surface area contributed by atoms with Crippen LogP contribution in [0.1, 0.15) is 194 Å². The maximum absolute atomic E-state index is 12.3. The molecule has 0 fully saturated rings. The van der Waals surface area contributed by atoms with Crippen molar-refractivity contribution in [3.63, 3.8) is 0 Å². The molecule has 44 heavy (non-hydrogen) atoms. The summed E-state index contributed by atoms with van der Waals surface area (Å²) in [7, 11) is 0. The number of aliphatic hydroxyl groups is 2. The average Bonchev–Trinajstić information content (AvgIpc) is 3.03. The first-order chi connectivity index (χ1) is 21.7. The molecular formula is C40H75NO3. The maximum Gasteiger partial charge on any atom is 0.220 e. The fourth-order valence-corrected chi connectivity index (χ4v) is 5.59. The molecule has 4 nitrogen and oxygen atoms in total. The van der Waals surface area contributed by atoms with E-state index in [1.807, 2.05) is 6.08 Å². The molecule has 0 saturated heterocycles. The van der Waals surface area contributed by atoms with Crippen molar-refractivity contribution in [1.82, 2.24) is 5.32 Å². The largest absolute Gasteiger partial charge is 0.394 e. The molecule has 258 valence electrons. The van der Waals surface area contributed by atoms with Gasteiger partial charge in [-0.1, -0.05) is 159 Å². The van der Waals surface area contributed by atoms with E-state index in [-0.39, 0.29) is 12.5 Å². The van der Waals surface area contributed by atoms with Gasteiger partial charge in [0.05, 0.1) is 18.8 Å². The average molecular weight is 618 g/mol. The molecule has 4 heteroatoms. The summed E-state index contributed by atoms with van der Waals surface area (Å²) in [5.74, 6) is -0.0709. The van der Waals surface area contributed by atoms with E-state index in [1.54, 1.807) is 6.08 Å². The van der Waals surface area contributed by atoms with E-state index >= 15 is 0 Å². The second kappa shape index (κ2) is 36.1. The van der Waals surface area contributed by atoms with E-state index in [4.69, 9.17) is 0 Å². The van der Waals surface area contributed by atoms with Gasteiger partial charge in [-0.05, 0) is 64.2 Å². The Bertz CT molecular complexity index is 672. The number of hydrogen-bond acceptors (Lipinski definition) is 3. The molecule has 0 aromatic heterocycles. The van der Waals surface area contributed by atoms with Crippen molar-refractivity contribution >= 4 is 5.91 Å². The summed E-state index contributed by atoms with van der Waals surface area (Å²) in [4.78, 5) is 12.3. The zero-order valence-corrected chi connectivity index (χ0v) is 29.4. The highest BCUT2D eigenvalue weighted by molar-refractivity contribution is 5.76. The molecule has 0 rings (SSSR count). The lowest BCUT2D eigenvalue weighted by Gasteiger charge is -2.20. The van der Waals surface area contributed by atoms with E-state index in [9.17, 15) is 15.0 Å². The van der Waals surface area contributed by atoms with Gasteiger partial charge < -0.3 is 15.5 Å². The Hall–Kier alpha value is -1.39. The standard InChI is InChI=1S/C40H75NO3/c1-3-5-7-9-11-13-15-17-18-19-20-21-22-24-26-28-30-32-34-36-40(44)41-38(37-42)39(43)35-33-31-29-27-25-23-16-14-12-10-8-6-4-2/h8,10,17-18,33,35,38-39,42-43H,3-7,9,11-16,19-32,34,36-37H2,1-2H3,(H,41,44)/b10-8+,18-17+,35-33+/t38-,39+/m0/s1. The van der Waals surface area contributed by atoms with Gasteiger partial charge in [0.15, 0.2) is 0 Å². The normalized spacial score (nSPS) is 13.5. The highest BCUT2D eigenvalue weighted by Crippen LogP contribution is 2.13. The zero-order chi connectivity index (χ0) is 32.2. The van der Waals surface area contributed by atoms with Crippen molar-refractivity contribution in [2.75, 3.05) is 6.61 Å². The van der Waals surface area contributed by atoms with Crippen LogP contribution in [0.4, 0.5) is 0 Å². The first-order valence-corrected chi connectivity index (χ1v) is 19.2. The number of carbonyl (C=O) groups is 1. The van der Waals surface area contributed by atoms with Crippen molar-refractivity contribution in [2.24, 2.45) is 0 Å². The minimum absolute atomic E-state index is 0.0709. The van der Waals surface area contributed by atoms with Gasteiger partial charge in [0, 0.05) is 6.42 Å². The number of nitrogens with one attached hydrogen (secondary N) is 1. The van der Waals surface area contributed by atoms with Crippen molar-refractivity contribution in [2.45, 2.75) is 206 Å². The number of rotatable bonds is 34. The van der Waals surface area contributed by atoms with Gasteiger partial charge >= 0.3 is 0 Å². The third kappa shape index (κ3) is 32.0. The number of aliphatic hydroxyl groups excluding tert-OH is 2. The molecular weight excluding hydrogens is 542 g/mol. The number of carbonyl (C=O) groups excluding carboxylic acids is 1. The molecule has 0 unspecified atom stereocenters. The Balaban J connectivity index is 3.60. The molecule has 0 bridgehead atoms. The predicted octanol–water partition coefficient (Wildman–Crippen LogP) is 11.5. The monoisotopic (exact) mass is 618 g/mol. The van der Waals surface area contributed by atoms with Crippen LogP contribution in [0.2, 0.25) is 0 Å². The van der Waals surface area contributed by atoms with Crippen LogP contribution < -0.4 is 5.32 Å². The molecule has 0 aliphatic heterocycles. The summed E-state index contributed by atoms with van der Waals surface area (Å²) < 4.78 is 0. The van der Waals surface area contributed by atoms with Crippen molar-refractivity contribution in [1.29, 1.82) is 0 Å². The molecule has 2 atom stereocenters. The topological polar surface area (TPSA) is 69.6 Å². The van der Waals surface area contributed by atoms with E-state index in [0.717, 1.165) is 25.7 Å². The van der Waals surface area contributed by atoms with Crippen molar-refractivity contribution < 1.29 is 15.0 Å². The van der Waals surface area contributed by atoms with Gasteiger partial charge in [-0.2, -0.15) is 0 Å². The molecule has 0 aromatic rings. The third-order valence-electron chi connectivity index (χ3n) is 8.57. The summed E-state index contributed by atoms with van der Waals surface area (Å²) in [6.45, 7) is 4.24. The van der Waals surface area contributed by atoms with Crippen LogP contribution in [0.3, 0.4) is 0 Å². The van der Waals surface area contributed by atoms with Gasteiger partial charge in [0.2, 0.25) is 5.91 Å². The minimum Gasteiger partial charge on any atom is -0.394 e. The molecule has 0 spiro atoms. The molecule has 0 aromatic carbocycles. The van der Waals surface area contributed by atoms with Crippen molar-refractivity contribution in [3.05, 3.63) is 36.5 Å². The Labute approximate surface area is 274 Å². The summed E-state index contributed by atoms with van der Waals surface area (Å²) >= 11 is 0. The molecule has 0 heterocycles. The lowest BCUT2D eigenvalue weighted by atomic mass is 10.0. The first kappa shape index (κ1) is 42.6. The second-order valence-corrected chi connectivity index (χ2v) is 13.0. The van der Waals surface area contributed by atoms with Crippen LogP contribution in [0.5, 0.6) is 0 Å². The van der Waals surface area contributed by atoms with E-state index < -0.39 is 12.1 Å². The van der Waals surface area contributed by atoms with Crippen LogP contribution in [0, 0.1) is 0 Å². The molecule has 0 saturated carbocycles. The fourth-order valence-electron chi connectivity index (χ4n) is 5.59. The summed E-state index contributed by atoms with van der Waals surface area (Å²) in [6.07, 6.45) is 46.6. The smallest absolute Gasteiger partial charge is 0.220 e. The van der Waals surface area contributed by atoms with E-state index in [2.05, 4.69) is 43.5 Å². The van der Waals surface area contributed by atoms with E-state index in [1.165, 1.54) is 148 Å². The van der Waals surface area contributed by atoms with Gasteiger partial charge in [-0.25, -0.2) is 0 Å². The number of unbranched alkanes of at least 4 members (excludes halogenated alkanes) is 23. The first-order valence-electron chi connectivity index (χ1n) is 19.2. The summed E-state index contributed by atoms with van der Waals surface area (Å²) in [6, 6.07) is -0.624. The Morgan fingerprint density at radius 3 is 1.34 bits per heavy atom. The molecule has 0 radical (unpaired) electrons. The quantitative estimate of drug-likeness (QED) is 0.0497. The predicted molar refractivity (Wildman–Crippen MR) is 193 cm³/mol. The van der Waals surface area contributed by atoms with Crippen molar-refractivity contribution in [3.8, 4) is 0 Å².